The molecule has 1 heterocycles. The van der Waals surface area contributed by atoms with Gasteiger partial charge >= 0.3 is 0 Å². The zero-order chi connectivity index (χ0) is 22.3. The number of Topliss-reactive ketones (excluding diaryl/α,β-unsaturated/α-hetero) is 1. The molecule has 1 amide bonds. The summed E-state index contributed by atoms with van der Waals surface area (Å²) in [5.41, 5.74) is 5.06. The lowest BCUT2D eigenvalue weighted by molar-refractivity contribution is -0.119. The van der Waals surface area contributed by atoms with Crippen LogP contribution in [0.25, 0.3) is 0 Å². The zero-order valence-corrected chi connectivity index (χ0v) is 15.9. The molecule has 30 heavy (non-hydrogen) atoms. The second-order valence-corrected chi connectivity index (χ2v) is 6.14. The molecule has 0 saturated carbocycles. The monoisotopic (exact) mass is 418 g/mol. The number of hydrogen-bond acceptors (Lipinski definition) is 8. The number of nitrogens with zero attached hydrogens (tertiary/aromatic N) is 2. The Morgan fingerprint density at radius 1 is 1.30 bits per heavy atom. The second kappa shape index (κ2) is 10.2. The largest absolute Gasteiger partial charge is 0.394 e. The molecule has 0 fully saturated rings. The maximum absolute atomic E-state index is 13.9. The van der Waals surface area contributed by atoms with Gasteiger partial charge < -0.3 is 21.5 Å². The average molecular weight is 418 g/mol. The minimum absolute atomic E-state index is 0.000755. The van der Waals surface area contributed by atoms with E-state index < -0.39 is 41.8 Å². The maximum Gasteiger partial charge on any atom is 0.242 e. The molecule has 0 aliphatic carbocycles. The number of carbonyl (C=O) groups is 2. The Bertz CT molecular complexity index is 996. The summed E-state index contributed by atoms with van der Waals surface area (Å²) in [6.07, 6.45) is 1.89. The van der Waals surface area contributed by atoms with Crippen LogP contribution < -0.4 is 16.4 Å². The van der Waals surface area contributed by atoms with E-state index in [9.17, 15) is 18.4 Å². The third-order valence-electron chi connectivity index (χ3n) is 3.92. The molecule has 0 bridgehead atoms. The highest BCUT2D eigenvalue weighted by Crippen LogP contribution is 2.12. The van der Waals surface area contributed by atoms with Crippen LogP contribution in [0.4, 0.5) is 14.6 Å². The normalized spacial score (nSPS) is 12.2. The highest BCUT2D eigenvalue weighted by molar-refractivity contribution is 6.09. The number of amides is 1. The second-order valence-electron chi connectivity index (χ2n) is 6.14. The van der Waals surface area contributed by atoms with Crippen molar-refractivity contribution >= 4 is 23.2 Å². The van der Waals surface area contributed by atoms with Gasteiger partial charge in [0.2, 0.25) is 5.91 Å². The minimum atomic E-state index is -1.29. The Morgan fingerprint density at radius 3 is 2.60 bits per heavy atom. The highest BCUT2D eigenvalue weighted by atomic mass is 19.1. The predicted molar refractivity (Wildman–Crippen MR) is 105 cm³/mol. The van der Waals surface area contributed by atoms with E-state index in [1.54, 1.807) is 12.1 Å². The quantitative estimate of drug-likeness (QED) is 0.280. The van der Waals surface area contributed by atoms with E-state index in [1.165, 1.54) is 19.1 Å². The van der Waals surface area contributed by atoms with Gasteiger partial charge in [0.05, 0.1) is 18.5 Å². The van der Waals surface area contributed by atoms with Crippen molar-refractivity contribution in [2.75, 3.05) is 11.9 Å². The van der Waals surface area contributed by atoms with Crippen LogP contribution in [0.15, 0.2) is 42.2 Å². The molecular formula is C19H20F2N6O3. The number of benzene rings is 1. The van der Waals surface area contributed by atoms with E-state index in [-0.39, 0.29) is 23.8 Å². The van der Waals surface area contributed by atoms with E-state index in [2.05, 4.69) is 20.6 Å². The SMILES string of the molecule is CC(=O)/C(=C/C(=N)c1ncc(F)c(N[C@@H](CO)C(N)=O)n1)NCc1ccccc1F. The van der Waals surface area contributed by atoms with Gasteiger partial charge in [0.25, 0.3) is 0 Å². The topological polar surface area (TPSA) is 154 Å². The number of aromatic nitrogens is 2. The summed E-state index contributed by atoms with van der Waals surface area (Å²) in [7, 11) is 0. The lowest BCUT2D eigenvalue weighted by Crippen LogP contribution is -2.39. The van der Waals surface area contributed by atoms with Gasteiger partial charge in [-0.05, 0) is 12.1 Å². The van der Waals surface area contributed by atoms with E-state index >= 15 is 0 Å². The summed E-state index contributed by atoms with van der Waals surface area (Å²) in [5, 5.41) is 22.3. The number of primary amides is 1. The number of nitrogens with two attached hydrogens (primary N) is 1. The van der Waals surface area contributed by atoms with Gasteiger partial charge in [0.15, 0.2) is 23.2 Å². The Hall–Kier alpha value is -3.73. The van der Waals surface area contributed by atoms with Crippen LogP contribution in [-0.4, -0.2) is 45.1 Å². The number of hydrogen-bond donors (Lipinski definition) is 5. The van der Waals surface area contributed by atoms with Crippen molar-refractivity contribution in [3.8, 4) is 0 Å². The summed E-state index contributed by atoms with van der Waals surface area (Å²) >= 11 is 0. The smallest absolute Gasteiger partial charge is 0.242 e. The minimum Gasteiger partial charge on any atom is -0.394 e. The van der Waals surface area contributed by atoms with Gasteiger partial charge in [-0.3, -0.25) is 15.0 Å². The van der Waals surface area contributed by atoms with Crippen LogP contribution in [0, 0.1) is 17.0 Å². The molecule has 1 aromatic carbocycles. The fraction of sp³-hybridized carbons (Fsp3) is 0.211. The first-order valence-electron chi connectivity index (χ1n) is 8.71. The highest BCUT2D eigenvalue weighted by Gasteiger charge is 2.18. The third kappa shape index (κ3) is 5.88. The summed E-state index contributed by atoms with van der Waals surface area (Å²) in [5.74, 6) is -3.44. The van der Waals surface area contributed by atoms with E-state index in [0.717, 1.165) is 12.3 Å². The van der Waals surface area contributed by atoms with Crippen LogP contribution in [0.2, 0.25) is 0 Å². The van der Waals surface area contributed by atoms with Crippen molar-refractivity contribution in [2.24, 2.45) is 5.73 Å². The Morgan fingerprint density at radius 2 is 2.00 bits per heavy atom. The Balaban J connectivity index is 2.23. The van der Waals surface area contributed by atoms with Crippen molar-refractivity contribution in [1.29, 1.82) is 5.41 Å². The van der Waals surface area contributed by atoms with Gasteiger partial charge in [-0.1, -0.05) is 18.2 Å². The van der Waals surface area contributed by atoms with E-state index in [0.29, 0.717) is 5.56 Å². The van der Waals surface area contributed by atoms with Gasteiger partial charge in [0.1, 0.15) is 17.6 Å². The summed E-state index contributed by atoms with van der Waals surface area (Å²) in [6, 6.07) is 4.72. The number of allylic oxidation sites excluding steroid dienone is 2. The third-order valence-corrected chi connectivity index (χ3v) is 3.92. The van der Waals surface area contributed by atoms with E-state index in [1.807, 2.05) is 0 Å². The van der Waals surface area contributed by atoms with E-state index in [4.69, 9.17) is 16.2 Å². The fourth-order valence-electron chi connectivity index (χ4n) is 2.29. The maximum atomic E-state index is 13.9. The molecule has 0 saturated heterocycles. The van der Waals surface area contributed by atoms with Gasteiger partial charge in [-0.2, -0.15) is 0 Å². The number of aliphatic hydroxyl groups excluding tert-OH is 1. The molecule has 0 unspecified atom stereocenters. The molecular weight excluding hydrogens is 398 g/mol. The molecule has 2 rings (SSSR count). The Kier molecular flexibility index (Phi) is 7.64. The number of rotatable bonds is 10. The molecule has 0 spiro atoms. The van der Waals surface area contributed by atoms with Crippen LogP contribution in [0.3, 0.4) is 0 Å². The van der Waals surface area contributed by atoms with Crippen LogP contribution in [0.5, 0.6) is 0 Å². The fourth-order valence-corrected chi connectivity index (χ4v) is 2.29. The lowest BCUT2D eigenvalue weighted by Gasteiger charge is -2.14. The molecule has 6 N–H and O–H groups in total. The van der Waals surface area contributed by atoms with Crippen molar-refractivity contribution in [1.82, 2.24) is 15.3 Å². The van der Waals surface area contributed by atoms with Crippen molar-refractivity contribution < 1.29 is 23.5 Å². The molecule has 1 atom stereocenters. The number of ketones is 1. The van der Waals surface area contributed by atoms with Gasteiger partial charge in [-0.15, -0.1) is 0 Å². The standard InChI is InChI=1S/C19H20F2N6O3/c1-10(29)15(24-7-11-4-2-3-5-12(11)20)6-14(22)19-25-8-13(21)18(27-19)26-16(9-28)17(23)30/h2-6,8,16,22,24,28H,7,9H2,1H3,(H2,23,30)(H,25,26,27)/b15-6-,22-14?/t16-/m0/s1. The number of halogens is 2. The first-order chi connectivity index (χ1) is 14.2. The first-order valence-corrected chi connectivity index (χ1v) is 8.71. The Labute approximate surface area is 170 Å². The van der Waals surface area contributed by atoms with Crippen molar-refractivity contribution in [3.63, 3.8) is 0 Å². The van der Waals surface area contributed by atoms with Gasteiger partial charge in [-0.25, -0.2) is 18.7 Å². The summed E-state index contributed by atoms with van der Waals surface area (Å²) in [4.78, 5) is 30.6. The predicted octanol–water partition coefficient (Wildman–Crippen LogP) is 0.643. The summed E-state index contributed by atoms with van der Waals surface area (Å²) in [6.45, 7) is 0.559. The molecule has 0 aliphatic rings. The number of nitrogens with one attached hydrogen (secondary N) is 3. The molecule has 0 aliphatic heterocycles. The van der Waals surface area contributed by atoms with Gasteiger partial charge in [0, 0.05) is 19.0 Å². The number of carbonyl (C=O) groups excluding carboxylic acids is 2. The molecule has 2 aromatic rings. The van der Waals surface area contributed by atoms with Crippen LogP contribution in [0.1, 0.15) is 18.3 Å². The molecule has 1 aromatic heterocycles. The first kappa shape index (κ1) is 22.6. The number of aliphatic hydroxyl groups is 1. The zero-order valence-electron chi connectivity index (χ0n) is 15.9. The molecule has 11 heteroatoms. The summed E-state index contributed by atoms with van der Waals surface area (Å²) < 4.78 is 27.7. The molecule has 158 valence electrons. The average Bonchev–Trinajstić information content (AvgIpc) is 2.70. The molecule has 9 nitrogen and oxygen atoms in total. The van der Waals surface area contributed by atoms with Crippen LogP contribution >= 0.6 is 0 Å². The molecule has 0 radical (unpaired) electrons. The number of anilines is 1. The van der Waals surface area contributed by atoms with Crippen molar-refractivity contribution in [3.05, 3.63) is 65.3 Å². The van der Waals surface area contributed by atoms with Crippen molar-refractivity contribution in [2.45, 2.75) is 19.5 Å². The van der Waals surface area contributed by atoms with Crippen LogP contribution in [-0.2, 0) is 16.1 Å². The lowest BCUT2D eigenvalue weighted by atomic mass is 10.2.